The minimum atomic E-state index is -0.540. The maximum Gasteiger partial charge on any atom is 0.305 e. The zero-order valence-electron chi connectivity index (χ0n) is 15.0. The van der Waals surface area contributed by atoms with E-state index in [9.17, 15) is 14.4 Å². The summed E-state index contributed by atoms with van der Waals surface area (Å²) < 4.78 is 20.4. The molecule has 9 heteroatoms. The number of ether oxygens (including phenoxy) is 3. The van der Waals surface area contributed by atoms with Gasteiger partial charge in [-0.2, -0.15) is 0 Å². The van der Waals surface area contributed by atoms with E-state index in [1.165, 1.54) is 25.3 Å². The normalized spacial score (nSPS) is 12.0. The van der Waals surface area contributed by atoms with Gasteiger partial charge in [0, 0.05) is 18.1 Å². The lowest BCUT2D eigenvalue weighted by Gasteiger charge is -2.05. The average molecular weight is 386 g/mol. The number of aryl methyl sites for hydroxylation is 1. The molecule has 28 heavy (non-hydrogen) atoms. The lowest BCUT2D eigenvalue weighted by Crippen LogP contribution is -2.40. The molecule has 2 N–H and O–H groups in total. The van der Waals surface area contributed by atoms with Crippen LogP contribution in [0.2, 0.25) is 0 Å². The Morgan fingerprint density at radius 3 is 2.75 bits per heavy atom. The van der Waals surface area contributed by atoms with Gasteiger partial charge in [0.15, 0.2) is 11.5 Å². The Bertz CT molecular complexity index is 917. The van der Waals surface area contributed by atoms with E-state index >= 15 is 0 Å². The van der Waals surface area contributed by atoms with Crippen LogP contribution in [0.1, 0.15) is 28.3 Å². The zero-order chi connectivity index (χ0) is 19.9. The van der Waals surface area contributed by atoms with Crippen molar-refractivity contribution in [2.45, 2.75) is 12.8 Å². The summed E-state index contributed by atoms with van der Waals surface area (Å²) in [7, 11) is 1.32. The molecule has 1 aromatic heterocycles. The largest absolute Gasteiger partial charge is 0.469 e. The molecule has 0 aliphatic carbocycles. The Morgan fingerprint density at radius 2 is 1.93 bits per heavy atom. The first-order valence-corrected chi connectivity index (χ1v) is 8.39. The number of methoxy groups -OCH3 is 1. The number of hydrogen-bond acceptors (Lipinski definition) is 7. The summed E-state index contributed by atoms with van der Waals surface area (Å²) in [5, 5.41) is 0. The van der Waals surface area contributed by atoms with E-state index in [-0.39, 0.29) is 19.2 Å². The van der Waals surface area contributed by atoms with Crippen molar-refractivity contribution in [2.24, 2.45) is 0 Å². The highest BCUT2D eigenvalue weighted by atomic mass is 16.7. The van der Waals surface area contributed by atoms with Crippen LogP contribution in [0.15, 0.2) is 40.8 Å². The van der Waals surface area contributed by atoms with E-state index in [1.54, 1.807) is 24.3 Å². The SMILES string of the molecule is COC(=O)CCc1ccc(/C=C/C(=O)NNC(=O)c2ccc3c(c2)OCO3)o1. The number of esters is 1. The number of benzene rings is 1. The average Bonchev–Trinajstić information content (AvgIpc) is 3.37. The second-order valence-corrected chi connectivity index (χ2v) is 5.72. The maximum absolute atomic E-state index is 12.1. The van der Waals surface area contributed by atoms with Gasteiger partial charge in [-0.1, -0.05) is 0 Å². The van der Waals surface area contributed by atoms with Gasteiger partial charge in [0.2, 0.25) is 6.79 Å². The number of furan rings is 1. The van der Waals surface area contributed by atoms with E-state index in [4.69, 9.17) is 13.9 Å². The highest BCUT2D eigenvalue weighted by molar-refractivity contribution is 5.98. The highest BCUT2D eigenvalue weighted by Crippen LogP contribution is 2.32. The number of carbonyl (C=O) groups is 3. The summed E-state index contributed by atoms with van der Waals surface area (Å²) in [4.78, 5) is 35.0. The van der Waals surface area contributed by atoms with Crippen LogP contribution in [0.3, 0.4) is 0 Å². The van der Waals surface area contributed by atoms with Gasteiger partial charge in [0.1, 0.15) is 11.5 Å². The molecule has 0 atom stereocenters. The molecule has 1 aromatic carbocycles. The maximum atomic E-state index is 12.1. The molecule has 3 rings (SSSR count). The molecule has 0 fully saturated rings. The summed E-state index contributed by atoms with van der Waals surface area (Å²) in [5.74, 6) is 0.710. The van der Waals surface area contributed by atoms with Gasteiger partial charge in [-0.05, 0) is 36.4 Å². The van der Waals surface area contributed by atoms with E-state index in [1.807, 2.05) is 0 Å². The summed E-state index contributed by atoms with van der Waals surface area (Å²) in [6.07, 6.45) is 3.27. The van der Waals surface area contributed by atoms with Crippen LogP contribution in [0, 0.1) is 0 Å². The lowest BCUT2D eigenvalue weighted by atomic mass is 10.2. The smallest absolute Gasteiger partial charge is 0.305 e. The van der Waals surface area contributed by atoms with Crippen LogP contribution >= 0.6 is 0 Å². The number of rotatable bonds is 6. The third-order valence-corrected chi connectivity index (χ3v) is 3.82. The molecule has 146 valence electrons. The van der Waals surface area contributed by atoms with Crippen molar-refractivity contribution in [1.82, 2.24) is 10.9 Å². The monoisotopic (exact) mass is 386 g/mol. The number of hydrogen-bond donors (Lipinski definition) is 2. The third kappa shape index (κ3) is 4.91. The second-order valence-electron chi connectivity index (χ2n) is 5.72. The molecule has 2 amide bonds. The first-order valence-electron chi connectivity index (χ1n) is 8.39. The molecule has 1 aliphatic heterocycles. The van der Waals surface area contributed by atoms with Gasteiger partial charge in [-0.15, -0.1) is 0 Å². The van der Waals surface area contributed by atoms with Gasteiger partial charge in [-0.3, -0.25) is 25.2 Å². The Labute approximate surface area is 160 Å². The predicted molar refractivity (Wildman–Crippen MR) is 96.3 cm³/mol. The molecule has 1 aliphatic rings. The fraction of sp³-hybridized carbons (Fsp3) is 0.211. The molecule has 0 spiro atoms. The van der Waals surface area contributed by atoms with Crippen molar-refractivity contribution in [2.75, 3.05) is 13.9 Å². The molecule has 0 unspecified atom stereocenters. The van der Waals surface area contributed by atoms with Crippen molar-refractivity contribution in [1.29, 1.82) is 0 Å². The van der Waals surface area contributed by atoms with Gasteiger partial charge < -0.3 is 18.6 Å². The molecule has 2 heterocycles. The topological polar surface area (TPSA) is 116 Å². The van der Waals surface area contributed by atoms with Gasteiger partial charge in [0.05, 0.1) is 13.5 Å². The van der Waals surface area contributed by atoms with Crippen molar-refractivity contribution in [3.05, 3.63) is 53.5 Å². The quantitative estimate of drug-likeness (QED) is 0.440. The van der Waals surface area contributed by atoms with E-state index < -0.39 is 11.8 Å². The summed E-state index contributed by atoms with van der Waals surface area (Å²) in [5.41, 5.74) is 4.89. The Balaban J connectivity index is 1.47. The fourth-order valence-corrected chi connectivity index (χ4v) is 2.37. The van der Waals surface area contributed by atoms with Crippen LogP contribution in [0.5, 0.6) is 11.5 Å². The number of carbonyl (C=O) groups excluding carboxylic acids is 3. The molecular formula is C19H18N2O7. The fourth-order valence-electron chi connectivity index (χ4n) is 2.37. The van der Waals surface area contributed by atoms with Gasteiger partial charge in [0.25, 0.3) is 11.8 Å². The minimum Gasteiger partial charge on any atom is -0.469 e. The van der Waals surface area contributed by atoms with E-state index in [0.717, 1.165) is 0 Å². The summed E-state index contributed by atoms with van der Waals surface area (Å²) >= 11 is 0. The lowest BCUT2D eigenvalue weighted by molar-refractivity contribution is -0.140. The molecule has 0 saturated heterocycles. The van der Waals surface area contributed by atoms with Gasteiger partial charge >= 0.3 is 5.97 Å². The van der Waals surface area contributed by atoms with E-state index in [2.05, 4.69) is 15.6 Å². The number of amides is 2. The highest BCUT2D eigenvalue weighted by Gasteiger charge is 2.16. The molecule has 0 saturated carbocycles. The minimum absolute atomic E-state index is 0.110. The van der Waals surface area contributed by atoms with Crippen LogP contribution in [-0.4, -0.2) is 31.7 Å². The predicted octanol–water partition coefficient (Wildman–Crippen LogP) is 1.59. The van der Waals surface area contributed by atoms with Crippen molar-refractivity contribution in [3.8, 4) is 11.5 Å². The number of fused-ring (bicyclic) bond motifs is 1. The standard InChI is InChI=1S/C19H18N2O7/c1-25-18(23)9-6-14-4-3-13(28-14)5-8-17(22)20-21-19(24)12-2-7-15-16(10-12)27-11-26-15/h2-5,7-8,10H,6,9,11H2,1H3,(H,20,22)(H,21,24)/b8-5+. The molecule has 0 bridgehead atoms. The number of hydrazine groups is 1. The van der Waals surface area contributed by atoms with E-state index in [0.29, 0.717) is 35.0 Å². The van der Waals surface area contributed by atoms with Crippen molar-refractivity contribution < 1.29 is 33.0 Å². The number of nitrogens with one attached hydrogen (secondary N) is 2. The van der Waals surface area contributed by atoms with Crippen LogP contribution < -0.4 is 20.3 Å². The van der Waals surface area contributed by atoms with Crippen molar-refractivity contribution >= 4 is 23.9 Å². The Morgan fingerprint density at radius 1 is 1.11 bits per heavy atom. The van der Waals surface area contributed by atoms with Gasteiger partial charge in [-0.25, -0.2) is 0 Å². The summed E-state index contributed by atoms with van der Waals surface area (Å²) in [6.45, 7) is 0.110. The second kappa shape index (κ2) is 8.76. The first kappa shape index (κ1) is 19.0. The van der Waals surface area contributed by atoms with Crippen LogP contribution in [0.25, 0.3) is 6.08 Å². The molecular weight excluding hydrogens is 368 g/mol. The van der Waals surface area contributed by atoms with Crippen molar-refractivity contribution in [3.63, 3.8) is 0 Å². The van der Waals surface area contributed by atoms with Crippen LogP contribution in [-0.2, 0) is 20.7 Å². The third-order valence-electron chi connectivity index (χ3n) is 3.82. The molecule has 2 aromatic rings. The Hall–Kier alpha value is -3.75. The molecule has 9 nitrogen and oxygen atoms in total. The van der Waals surface area contributed by atoms with Crippen LogP contribution in [0.4, 0.5) is 0 Å². The molecule has 0 radical (unpaired) electrons. The Kier molecular flexibility index (Phi) is 5.95. The summed E-state index contributed by atoms with van der Waals surface area (Å²) in [6, 6.07) is 8.08. The zero-order valence-corrected chi connectivity index (χ0v) is 15.0. The first-order chi connectivity index (χ1) is 13.5.